The first-order valence-corrected chi connectivity index (χ1v) is 7.17. The Morgan fingerprint density at radius 3 is 2.24 bits per heavy atom. The lowest BCUT2D eigenvalue weighted by molar-refractivity contribution is 0.195. The van der Waals surface area contributed by atoms with E-state index in [9.17, 15) is 5.11 Å². The predicted octanol–water partition coefficient (Wildman–Crippen LogP) is 4.95. The molecule has 1 heteroatoms. The van der Waals surface area contributed by atoms with Gasteiger partial charge in [0.05, 0.1) is 6.10 Å². The fourth-order valence-corrected chi connectivity index (χ4v) is 2.46. The summed E-state index contributed by atoms with van der Waals surface area (Å²) in [7, 11) is 0. The molecule has 0 spiro atoms. The zero-order chi connectivity index (χ0) is 13.5. The molecule has 0 amide bonds. The molecule has 0 saturated carbocycles. The zero-order valence-electron chi connectivity index (χ0n) is 12.7. The van der Waals surface area contributed by atoms with Crippen molar-refractivity contribution in [3.63, 3.8) is 0 Å². The first-order chi connectivity index (χ1) is 7.80. The van der Waals surface area contributed by atoms with Crippen molar-refractivity contribution in [2.75, 3.05) is 0 Å². The van der Waals surface area contributed by atoms with Gasteiger partial charge >= 0.3 is 0 Å². The van der Waals surface area contributed by atoms with Crippen LogP contribution in [0.5, 0.6) is 0 Å². The van der Waals surface area contributed by atoms with Crippen molar-refractivity contribution in [2.45, 2.75) is 79.8 Å². The number of hydrogen-bond donors (Lipinski definition) is 1. The minimum atomic E-state index is -0.216. The van der Waals surface area contributed by atoms with Gasteiger partial charge in [0, 0.05) is 0 Å². The highest BCUT2D eigenvalue weighted by Crippen LogP contribution is 2.27. The molecule has 1 N–H and O–H groups in total. The molecule has 0 aliphatic rings. The first kappa shape index (κ1) is 16.7. The molecular weight excluding hydrogens is 208 g/mol. The van der Waals surface area contributed by atoms with E-state index < -0.39 is 0 Å². The predicted molar refractivity (Wildman–Crippen MR) is 77.1 cm³/mol. The standard InChI is InChI=1S/C16H32O/c1-7-9-15(17)14(8-2)11-10-13(3)12-16(4,5)6/h11,13,15,17H,7-10,12H2,1-6H3. The van der Waals surface area contributed by atoms with Gasteiger partial charge in [-0.25, -0.2) is 0 Å². The largest absolute Gasteiger partial charge is 0.389 e. The number of hydrogen-bond acceptors (Lipinski definition) is 1. The number of aliphatic hydroxyl groups excluding tert-OH is 1. The van der Waals surface area contributed by atoms with Gasteiger partial charge in [-0.05, 0) is 42.6 Å². The maximum Gasteiger partial charge on any atom is 0.0749 e. The molecule has 0 aromatic rings. The molecular formula is C16H32O. The second-order valence-electron chi connectivity index (χ2n) is 6.54. The van der Waals surface area contributed by atoms with E-state index in [4.69, 9.17) is 0 Å². The Labute approximate surface area is 108 Å². The topological polar surface area (TPSA) is 20.2 Å². The summed E-state index contributed by atoms with van der Waals surface area (Å²) in [6.45, 7) is 13.4. The molecule has 0 rings (SSSR count). The maximum atomic E-state index is 9.99. The molecule has 0 heterocycles. The molecule has 0 fully saturated rings. The molecule has 2 unspecified atom stereocenters. The third kappa shape index (κ3) is 8.43. The van der Waals surface area contributed by atoms with Crippen molar-refractivity contribution in [1.29, 1.82) is 0 Å². The van der Waals surface area contributed by atoms with Crippen molar-refractivity contribution < 1.29 is 5.11 Å². The van der Waals surface area contributed by atoms with Crippen LogP contribution in [0.4, 0.5) is 0 Å². The van der Waals surface area contributed by atoms with Gasteiger partial charge in [-0.2, -0.15) is 0 Å². The van der Waals surface area contributed by atoms with Crippen LogP contribution < -0.4 is 0 Å². The second kappa shape index (κ2) is 7.92. The average Bonchev–Trinajstić information content (AvgIpc) is 2.16. The smallest absolute Gasteiger partial charge is 0.0749 e. The number of aliphatic hydroxyl groups is 1. The van der Waals surface area contributed by atoms with E-state index in [1.165, 1.54) is 12.0 Å². The van der Waals surface area contributed by atoms with Crippen LogP contribution in [-0.4, -0.2) is 11.2 Å². The zero-order valence-corrected chi connectivity index (χ0v) is 12.7. The highest BCUT2D eigenvalue weighted by molar-refractivity contribution is 5.07. The lowest BCUT2D eigenvalue weighted by Gasteiger charge is -2.23. The normalized spacial score (nSPS) is 17.0. The van der Waals surface area contributed by atoms with Crippen molar-refractivity contribution in [3.05, 3.63) is 11.6 Å². The van der Waals surface area contributed by atoms with Crippen LogP contribution in [0.1, 0.15) is 73.6 Å². The van der Waals surface area contributed by atoms with Gasteiger partial charge in [-0.3, -0.25) is 0 Å². The van der Waals surface area contributed by atoms with Crippen LogP contribution in [0.2, 0.25) is 0 Å². The van der Waals surface area contributed by atoms with Gasteiger partial charge in [0.25, 0.3) is 0 Å². The van der Waals surface area contributed by atoms with Crippen LogP contribution in [0.3, 0.4) is 0 Å². The van der Waals surface area contributed by atoms with E-state index >= 15 is 0 Å². The summed E-state index contributed by atoms with van der Waals surface area (Å²) < 4.78 is 0. The number of rotatable bonds is 7. The molecule has 0 aromatic carbocycles. The fraction of sp³-hybridized carbons (Fsp3) is 0.875. The van der Waals surface area contributed by atoms with Crippen molar-refractivity contribution >= 4 is 0 Å². The Kier molecular flexibility index (Phi) is 7.78. The second-order valence-corrected chi connectivity index (χ2v) is 6.54. The fourth-order valence-electron chi connectivity index (χ4n) is 2.46. The summed E-state index contributed by atoms with van der Waals surface area (Å²) in [5.74, 6) is 0.699. The Bertz CT molecular complexity index is 222. The summed E-state index contributed by atoms with van der Waals surface area (Å²) in [6, 6.07) is 0. The van der Waals surface area contributed by atoms with Crippen LogP contribution in [0.15, 0.2) is 11.6 Å². The first-order valence-electron chi connectivity index (χ1n) is 7.17. The third-order valence-corrected chi connectivity index (χ3v) is 3.14. The van der Waals surface area contributed by atoms with Gasteiger partial charge < -0.3 is 5.11 Å². The monoisotopic (exact) mass is 240 g/mol. The van der Waals surface area contributed by atoms with Crippen molar-refractivity contribution in [1.82, 2.24) is 0 Å². The van der Waals surface area contributed by atoms with E-state index in [2.05, 4.69) is 47.6 Å². The molecule has 0 aromatic heterocycles. The highest BCUT2D eigenvalue weighted by Gasteiger charge is 2.15. The average molecular weight is 240 g/mol. The highest BCUT2D eigenvalue weighted by atomic mass is 16.3. The van der Waals surface area contributed by atoms with E-state index in [0.717, 1.165) is 25.7 Å². The molecule has 0 radical (unpaired) electrons. The lowest BCUT2D eigenvalue weighted by Crippen LogP contribution is -2.12. The molecule has 0 bridgehead atoms. The molecule has 102 valence electrons. The lowest BCUT2D eigenvalue weighted by atomic mass is 9.83. The van der Waals surface area contributed by atoms with E-state index in [1.807, 2.05) is 0 Å². The van der Waals surface area contributed by atoms with Gasteiger partial charge in [0.2, 0.25) is 0 Å². The van der Waals surface area contributed by atoms with E-state index in [-0.39, 0.29) is 6.10 Å². The Hall–Kier alpha value is -0.300. The molecule has 2 atom stereocenters. The van der Waals surface area contributed by atoms with Gasteiger partial charge in [0.1, 0.15) is 0 Å². The van der Waals surface area contributed by atoms with Crippen LogP contribution >= 0.6 is 0 Å². The van der Waals surface area contributed by atoms with Crippen LogP contribution in [-0.2, 0) is 0 Å². The van der Waals surface area contributed by atoms with Crippen LogP contribution in [0, 0.1) is 11.3 Å². The third-order valence-electron chi connectivity index (χ3n) is 3.14. The van der Waals surface area contributed by atoms with Gasteiger partial charge in [-0.15, -0.1) is 0 Å². The molecule has 1 nitrogen and oxygen atoms in total. The summed E-state index contributed by atoms with van der Waals surface area (Å²) in [4.78, 5) is 0. The van der Waals surface area contributed by atoms with Crippen molar-refractivity contribution in [3.8, 4) is 0 Å². The molecule has 0 aliphatic heterocycles. The van der Waals surface area contributed by atoms with E-state index in [0.29, 0.717) is 11.3 Å². The van der Waals surface area contributed by atoms with Gasteiger partial charge in [0.15, 0.2) is 0 Å². The Morgan fingerprint density at radius 1 is 1.24 bits per heavy atom. The Balaban J connectivity index is 4.26. The SMILES string of the molecule is CCCC(O)C(=CCC(C)CC(C)(C)C)CC. The van der Waals surface area contributed by atoms with Gasteiger partial charge in [-0.1, -0.05) is 54.0 Å². The van der Waals surface area contributed by atoms with Crippen molar-refractivity contribution in [2.24, 2.45) is 11.3 Å². The minimum Gasteiger partial charge on any atom is -0.389 e. The molecule has 0 aliphatic carbocycles. The maximum absolute atomic E-state index is 9.99. The summed E-state index contributed by atoms with van der Waals surface area (Å²) in [5, 5.41) is 9.99. The van der Waals surface area contributed by atoms with E-state index in [1.54, 1.807) is 0 Å². The van der Waals surface area contributed by atoms with Crippen LogP contribution in [0.25, 0.3) is 0 Å². The minimum absolute atomic E-state index is 0.216. The summed E-state index contributed by atoms with van der Waals surface area (Å²) in [5.41, 5.74) is 1.63. The molecule has 17 heavy (non-hydrogen) atoms. The quantitative estimate of drug-likeness (QED) is 0.624. The number of allylic oxidation sites excluding steroid dienone is 1. The molecule has 0 saturated heterocycles. The summed E-state index contributed by atoms with van der Waals surface area (Å²) >= 11 is 0. The summed E-state index contributed by atoms with van der Waals surface area (Å²) in [6.07, 6.45) is 7.32. The Morgan fingerprint density at radius 2 is 1.82 bits per heavy atom.